The quantitative estimate of drug-likeness (QED) is 0.797. The lowest BCUT2D eigenvalue weighted by molar-refractivity contribution is -0.130. The summed E-state index contributed by atoms with van der Waals surface area (Å²) in [5.41, 5.74) is 0.345. The molecule has 2 heterocycles. The highest BCUT2D eigenvalue weighted by Crippen LogP contribution is 2.34. The molecular formula is C18H22N2O4. The Morgan fingerprint density at radius 1 is 1.21 bits per heavy atom. The van der Waals surface area contributed by atoms with Gasteiger partial charge in [0.2, 0.25) is 5.91 Å². The molecule has 0 atom stereocenters. The van der Waals surface area contributed by atoms with Crippen molar-refractivity contribution in [1.29, 1.82) is 0 Å². The summed E-state index contributed by atoms with van der Waals surface area (Å²) in [6.07, 6.45) is 1.01. The highest BCUT2D eigenvalue weighted by Gasteiger charge is 2.45. The van der Waals surface area contributed by atoms with Gasteiger partial charge in [-0.05, 0) is 19.4 Å². The number of carbonyl (C=O) groups is 2. The fraction of sp³-hybridized carbons (Fsp3) is 0.444. The van der Waals surface area contributed by atoms with Gasteiger partial charge in [-0.15, -0.1) is 0 Å². The van der Waals surface area contributed by atoms with Crippen LogP contribution >= 0.6 is 0 Å². The van der Waals surface area contributed by atoms with Crippen LogP contribution in [-0.2, 0) is 20.8 Å². The van der Waals surface area contributed by atoms with Crippen molar-refractivity contribution >= 4 is 12.0 Å². The predicted molar refractivity (Wildman–Crippen MR) is 88.0 cm³/mol. The van der Waals surface area contributed by atoms with Crippen LogP contribution in [0.1, 0.15) is 19.4 Å². The van der Waals surface area contributed by atoms with Crippen molar-refractivity contribution in [3.63, 3.8) is 0 Å². The molecule has 2 aliphatic rings. The molecule has 3 rings (SSSR count). The van der Waals surface area contributed by atoms with Gasteiger partial charge >= 0.3 is 6.09 Å². The van der Waals surface area contributed by atoms with Gasteiger partial charge in [-0.1, -0.05) is 30.3 Å². The van der Waals surface area contributed by atoms with Crippen LogP contribution in [0.4, 0.5) is 4.79 Å². The maximum Gasteiger partial charge on any atom is 0.416 e. The third-order valence-electron chi connectivity index (χ3n) is 4.46. The number of benzene rings is 1. The van der Waals surface area contributed by atoms with E-state index in [1.54, 1.807) is 9.80 Å². The first-order valence-electron chi connectivity index (χ1n) is 8.10. The van der Waals surface area contributed by atoms with Crippen molar-refractivity contribution in [3.8, 4) is 0 Å². The fourth-order valence-corrected chi connectivity index (χ4v) is 2.86. The average molecular weight is 330 g/mol. The second kappa shape index (κ2) is 6.65. The predicted octanol–water partition coefficient (Wildman–Crippen LogP) is 2.16. The lowest BCUT2D eigenvalue weighted by atomic mass is 10.00. The molecule has 0 aromatic heterocycles. The van der Waals surface area contributed by atoms with Crippen LogP contribution in [0.15, 0.2) is 42.2 Å². The molecule has 0 bridgehead atoms. The summed E-state index contributed by atoms with van der Waals surface area (Å²) >= 11 is 0. The smallest absolute Gasteiger partial charge is 0.412 e. The Morgan fingerprint density at radius 3 is 2.54 bits per heavy atom. The number of ether oxygens (including phenoxy) is 2. The van der Waals surface area contributed by atoms with E-state index in [1.807, 2.05) is 44.2 Å². The minimum absolute atomic E-state index is 0.143. The number of morpholine rings is 1. The van der Waals surface area contributed by atoms with E-state index in [4.69, 9.17) is 9.47 Å². The van der Waals surface area contributed by atoms with Gasteiger partial charge in [0.1, 0.15) is 5.76 Å². The molecule has 0 spiro atoms. The second-order valence-electron chi connectivity index (χ2n) is 6.44. The van der Waals surface area contributed by atoms with Gasteiger partial charge in [-0.2, -0.15) is 0 Å². The standard InChI is InChI=1S/C18H22N2O4/c1-18(2)15(12-16(21)19-8-10-23-11-9-19)24-17(22)20(18)13-14-6-4-3-5-7-14/h3-7,12H,8-11,13H2,1-2H3/b15-12-. The molecule has 24 heavy (non-hydrogen) atoms. The number of carbonyl (C=O) groups excluding carboxylic acids is 2. The maximum atomic E-state index is 12.4. The Labute approximate surface area is 141 Å². The number of rotatable bonds is 3. The molecule has 1 aromatic carbocycles. The third kappa shape index (κ3) is 3.28. The summed E-state index contributed by atoms with van der Waals surface area (Å²) in [6, 6.07) is 9.72. The van der Waals surface area contributed by atoms with Gasteiger partial charge in [-0.25, -0.2) is 4.79 Å². The summed E-state index contributed by atoms with van der Waals surface area (Å²) in [6.45, 7) is 6.42. The number of hydrogen-bond donors (Lipinski definition) is 0. The first-order chi connectivity index (χ1) is 11.5. The van der Waals surface area contributed by atoms with Crippen LogP contribution in [-0.4, -0.2) is 53.6 Å². The van der Waals surface area contributed by atoms with Crippen LogP contribution in [0.2, 0.25) is 0 Å². The van der Waals surface area contributed by atoms with Crippen LogP contribution in [0.3, 0.4) is 0 Å². The molecule has 0 saturated carbocycles. The van der Waals surface area contributed by atoms with E-state index < -0.39 is 11.6 Å². The van der Waals surface area contributed by atoms with E-state index in [2.05, 4.69) is 0 Å². The minimum atomic E-state index is -0.672. The largest absolute Gasteiger partial charge is 0.416 e. The van der Waals surface area contributed by atoms with E-state index in [-0.39, 0.29) is 5.91 Å². The number of cyclic esters (lactones) is 1. The molecule has 6 heteroatoms. The Bertz CT molecular complexity index is 648. The van der Waals surface area contributed by atoms with Gasteiger partial charge in [0.15, 0.2) is 0 Å². The number of amides is 2. The Kier molecular flexibility index (Phi) is 4.57. The van der Waals surface area contributed by atoms with Crippen molar-refractivity contribution in [3.05, 3.63) is 47.7 Å². The van der Waals surface area contributed by atoms with Crippen molar-refractivity contribution in [2.75, 3.05) is 26.3 Å². The zero-order valence-corrected chi connectivity index (χ0v) is 14.0. The minimum Gasteiger partial charge on any atom is -0.412 e. The van der Waals surface area contributed by atoms with Gasteiger partial charge in [0.05, 0.1) is 25.3 Å². The molecule has 2 amide bonds. The van der Waals surface area contributed by atoms with Crippen LogP contribution in [0.25, 0.3) is 0 Å². The zero-order chi connectivity index (χ0) is 17.2. The Morgan fingerprint density at radius 2 is 1.88 bits per heavy atom. The molecule has 2 aliphatic heterocycles. The molecule has 2 fully saturated rings. The average Bonchev–Trinajstić information content (AvgIpc) is 2.80. The van der Waals surface area contributed by atoms with Gasteiger partial charge in [0.25, 0.3) is 0 Å². The maximum absolute atomic E-state index is 12.4. The van der Waals surface area contributed by atoms with Gasteiger partial charge in [0, 0.05) is 19.2 Å². The van der Waals surface area contributed by atoms with Crippen LogP contribution in [0.5, 0.6) is 0 Å². The molecule has 128 valence electrons. The summed E-state index contributed by atoms with van der Waals surface area (Å²) < 4.78 is 10.6. The lowest BCUT2D eigenvalue weighted by Crippen LogP contribution is -2.42. The normalized spacial score (nSPS) is 21.9. The number of nitrogens with zero attached hydrogens (tertiary/aromatic N) is 2. The summed E-state index contributed by atoms with van der Waals surface area (Å²) in [4.78, 5) is 28.0. The lowest BCUT2D eigenvalue weighted by Gasteiger charge is -2.29. The summed E-state index contributed by atoms with van der Waals surface area (Å²) in [5.74, 6) is 0.246. The number of hydrogen-bond acceptors (Lipinski definition) is 4. The third-order valence-corrected chi connectivity index (χ3v) is 4.46. The SMILES string of the molecule is CC1(C)/C(=C/C(=O)N2CCOCC2)OC(=O)N1Cc1ccccc1. The van der Waals surface area contributed by atoms with Crippen molar-refractivity contribution in [2.24, 2.45) is 0 Å². The van der Waals surface area contributed by atoms with Crippen molar-refractivity contribution < 1.29 is 19.1 Å². The molecule has 0 N–H and O–H groups in total. The molecule has 2 saturated heterocycles. The molecule has 1 aromatic rings. The van der Waals surface area contributed by atoms with Gasteiger partial charge < -0.3 is 14.4 Å². The fourth-order valence-electron chi connectivity index (χ4n) is 2.86. The monoisotopic (exact) mass is 330 g/mol. The summed E-state index contributed by atoms with van der Waals surface area (Å²) in [7, 11) is 0. The zero-order valence-electron chi connectivity index (χ0n) is 14.0. The van der Waals surface area contributed by atoms with Crippen LogP contribution < -0.4 is 0 Å². The first kappa shape index (κ1) is 16.5. The molecule has 0 unspecified atom stereocenters. The van der Waals surface area contributed by atoms with E-state index in [9.17, 15) is 9.59 Å². The van der Waals surface area contributed by atoms with Gasteiger partial charge in [-0.3, -0.25) is 9.69 Å². The van der Waals surface area contributed by atoms with Crippen LogP contribution in [0, 0.1) is 0 Å². The van der Waals surface area contributed by atoms with E-state index in [0.717, 1.165) is 5.56 Å². The first-order valence-corrected chi connectivity index (χ1v) is 8.10. The highest BCUT2D eigenvalue weighted by molar-refractivity contribution is 5.89. The molecule has 0 aliphatic carbocycles. The summed E-state index contributed by atoms with van der Waals surface area (Å²) in [5, 5.41) is 0. The second-order valence-corrected chi connectivity index (χ2v) is 6.44. The molecular weight excluding hydrogens is 308 g/mol. The van der Waals surface area contributed by atoms with E-state index >= 15 is 0 Å². The Hall–Kier alpha value is -2.34. The molecule has 0 radical (unpaired) electrons. The van der Waals surface area contributed by atoms with Crippen molar-refractivity contribution in [2.45, 2.75) is 25.9 Å². The van der Waals surface area contributed by atoms with Crippen molar-refractivity contribution in [1.82, 2.24) is 9.80 Å². The van der Waals surface area contributed by atoms with E-state index in [1.165, 1.54) is 6.08 Å². The Balaban J connectivity index is 1.76. The highest BCUT2D eigenvalue weighted by atomic mass is 16.6. The topological polar surface area (TPSA) is 59.1 Å². The van der Waals surface area contributed by atoms with E-state index in [0.29, 0.717) is 38.6 Å². The molecule has 6 nitrogen and oxygen atoms in total.